The van der Waals surface area contributed by atoms with Crippen molar-refractivity contribution >= 4 is 16.6 Å². The van der Waals surface area contributed by atoms with Crippen LogP contribution in [0.1, 0.15) is 42.1 Å². The molecule has 168 valence electrons. The summed E-state index contributed by atoms with van der Waals surface area (Å²) in [4.78, 5) is 7.30. The van der Waals surface area contributed by atoms with E-state index in [1.165, 1.54) is 30.4 Å². The van der Waals surface area contributed by atoms with Crippen LogP contribution < -0.4 is 15.8 Å². The van der Waals surface area contributed by atoms with E-state index in [0.29, 0.717) is 19.2 Å². The second kappa shape index (κ2) is 10.6. The Bertz CT molecular complexity index is 1060. The van der Waals surface area contributed by atoms with Gasteiger partial charge in [0.15, 0.2) is 0 Å². The molecule has 1 aromatic heterocycles. The second-order valence-electron chi connectivity index (χ2n) is 8.45. The molecule has 1 aliphatic rings. The van der Waals surface area contributed by atoms with Gasteiger partial charge in [0.25, 0.3) is 0 Å². The first-order valence-corrected chi connectivity index (χ1v) is 11.6. The number of fused-ring (bicyclic) bond motifs is 1. The summed E-state index contributed by atoms with van der Waals surface area (Å²) >= 11 is 0. The molecular weight excluding hydrogens is 396 g/mol. The summed E-state index contributed by atoms with van der Waals surface area (Å²) in [6, 6.07) is 17.5. The van der Waals surface area contributed by atoms with Crippen LogP contribution in [0.25, 0.3) is 10.9 Å². The van der Waals surface area contributed by atoms with Gasteiger partial charge in [-0.1, -0.05) is 48.9 Å². The zero-order valence-corrected chi connectivity index (χ0v) is 19.0. The Morgan fingerprint density at radius 1 is 1.22 bits per heavy atom. The number of para-hydroxylation sites is 1. The summed E-state index contributed by atoms with van der Waals surface area (Å²) in [6.45, 7) is 9.79. The number of hydrogen-bond acceptors (Lipinski definition) is 5. The van der Waals surface area contributed by atoms with E-state index >= 15 is 0 Å². The maximum atomic E-state index is 5.85. The van der Waals surface area contributed by atoms with Crippen LogP contribution in [0.3, 0.4) is 0 Å². The SMILES string of the molecule is C=CCN1CCCCC1c1ccccc1CNc1cc(C)nc2c(OCCN)cccc12. The average Bonchev–Trinajstić information content (AvgIpc) is 2.82. The monoisotopic (exact) mass is 430 g/mol. The minimum absolute atomic E-state index is 0.451. The van der Waals surface area contributed by atoms with Crippen LogP contribution in [0.2, 0.25) is 0 Å². The quantitative estimate of drug-likeness (QED) is 0.457. The third kappa shape index (κ3) is 4.95. The number of hydrogen-bond donors (Lipinski definition) is 2. The van der Waals surface area contributed by atoms with Gasteiger partial charge in [-0.05, 0) is 49.6 Å². The first-order chi connectivity index (χ1) is 15.7. The van der Waals surface area contributed by atoms with E-state index in [1.54, 1.807) is 0 Å². The van der Waals surface area contributed by atoms with Crippen molar-refractivity contribution in [2.45, 2.75) is 38.8 Å². The smallest absolute Gasteiger partial charge is 0.145 e. The largest absolute Gasteiger partial charge is 0.490 e. The van der Waals surface area contributed by atoms with Crippen molar-refractivity contribution in [3.8, 4) is 5.75 Å². The van der Waals surface area contributed by atoms with Crippen molar-refractivity contribution < 1.29 is 4.74 Å². The van der Waals surface area contributed by atoms with Crippen molar-refractivity contribution in [1.82, 2.24) is 9.88 Å². The van der Waals surface area contributed by atoms with Crippen LogP contribution >= 0.6 is 0 Å². The molecule has 0 bridgehead atoms. The highest BCUT2D eigenvalue weighted by atomic mass is 16.5. The van der Waals surface area contributed by atoms with Crippen LogP contribution in [0.15, 0.2) is 61.2 Å². The van der Waals surface area contributed by atoms with Crippen molar-refractivity contribution in [1.29, 1.82) is 0 Å². The van der Waals surface area contributed by atoms with Gasteiger partial charge in [-0.25, -0.2) is 4.98 Å². The highest BCUT2D eigenvalue weighted by Crippen LogP contribution is 2.34. The minimum Gasteiger partial charge on any atom is -0.490 e. The minimum atomic E-state index is 0.451. The summed E-state index contributed by atoms with van der Waals surface area (Å²) in [5.74, 6) is 0.780. The third-order valence-electron chi connectivity index (χ3n) is 6.17. The number of aryl methyl sites for hydroxylation is 1. The van der Waals surface area contributed by atoms with Gasteiger partial charge in [-0.3, -0.25) is 4.90 Å². The number of nitrogens with one attached hydrogen (secondary N) is 1. The number of aromatic nitrogens is 1. The number of rotatable bonds is 9. The number of benzene rings is 2. The molecule has 2 aromatic carbocycles. The van der Waals surface area contributed by atoms with Crippen LogP contribution in [-0.2, 0) is 6.54 Å². The number of anilines is 1. The summed E-state index contributed by atoms with van der Waals surface area (Å²) in [5, 5.41) is 4.76. The number of nitrogens with zero attached hydrogens (tertiary/aromatic N) is 2. The molecule has 5 nitrogen and oxygen atoms in total. The normalized spacial score (nSPS) is 16.8. The lowest BCUT2D eigenvalue weighted by Gasteiger charge is -2.36. The number of piperidine rings is 1. The molecule has 1 aliphatic heterocycles. The van der Waals surface area contributed by atoms with Gasteiger partial charge in [0.2, 0.25) is 0 Å². The molecule has 3 aromatic rings. The van der Waals surface area contributed by atoms with E-state index in [4.69, 9.17) is 15.5 Å². The topological polar surface area (TPSA) is 63.4 Å². The number of ether oxygens (including phenoxy) is 1. The molecule has 32 heavy (non-hydrogen) atoms. The first-order valence-electron chi connectivity index (χ1n) is 11.6. The Balaban J connectivity index is 1.61. The molecule has 1 saturated heterocycles. The predicted octanol–water partition coefficient (Wildman–Crippen LogP) is 5.21. The molecule has 1 unspecified atom stereocenters. The Morgan fingerprint density at radius 2 is 2.09 bits per heavy atom. The van der Waals surface area contributed by atoms with E-state index in [2.05, 4.69) is 53.2 Å². The zero-order valence-electron chi connectivity index (χ0n) is 19.0. The summed E-state index contributed by atoms with van der Waals surface area (Å²) in [7, 11) is 0. The molecule has 3 N–H and O–H groups in total. The fourth-order valence-electron chi connectivity index (χ4n) is 4.72. The Hall–Kier alpha value is -2.89. The lowest BCUT2D eigenvalue weighted by atomic mass is 9.91. The van der Waals surface area contributed by atoms with Crippen LogP contribution in [-0.4, -0.2) is 36.1 Å². The van der Waals surface area contributed by atoms with E-state index in [-0.39, 0.29) is 0 Å². The lowest BCUT2D eigenvalue weighted by molar-refractivity contribution is 0.165. The van der Waals surface area contributed by atoms with Gasteiger partial charge in [-0.15, -0.1) is 6.58 Å². The lowest BCUT2D eigenvalue weighted by Crippen LogP contribution is -2.34. The zero-order chi connectivity index (χ0) is 22.3. The molecule has 1 atom stereocenters. The number of pyridine rings is 1. The molecule has 2 heterocycles. The van der Waals surface area contributed by atoms with Crippen LogP contribution in [0.4, 0.5) is 5.69 Å². The van der Waals surface area contributed by atoms with Crippen molar-refractivity contribution in [2.75, 3.05) is 31.6 Å². The van der Waals surface area contributed by atoms with Gasteiger partial charge < -0.3 is 15.8 Å². The third-order valence-corrected chi connectivity index (χ3v) is 6.17. The van der Waals surface area contributed by atoms with Crippen LogP contribution in [0.5, 0.6) is 5.75 Å². The molecule has 5 heteroatoms. The van der Waals surface area contributed by atoms with E-state index in [0.717, 1.165) is 47.7 Å². The van der Waals surface area contributed by atoms with Crippen LogP contribution in [0, 0.1) is 6.92 Å². The van der Waals surface area contributed by atoms with E-state index in [1.807, 2.05) is 25.1 Å². The predicted molar refractivity (Wildman–Crippen MR) is 133 cm³/mol. The molecule has 0 amide bonds. The highest BCUT2D eigenvalue weighted by molar-refractivity contribution is 5.95. The summed E-state index contributed by atoms with van der Waals surface area (Å²) in [6.07, 6.45) is 5.76. The van der Waals surface area contributed by atoms with Gasteiger partial charge in [0.1, 0.15) is 17.9 Å². The van der Waals surface area contributed by atoms with Gasteiger partial charge in [-0.2, -0.15) is 0 Å². The number of likely N-dealkylation sites (tertiary alicyclic amines) is 1. The average molecular weight is 431 g/mol. The van der Waals surface area contributed by atoms with Crippen molar-refractivity contribution in [3.63, 3.8) is 0 Å². The Morgan fingerprint density at radius 3 is 2.94 bits per heavy atom. The molecule has 0 radical (unpaired) electrons. The Kier molecular flexibility index (Phi) is 7.40. The van der Waals surface area contributed by atoms with Crippen molar-refractivity contribution in [2.24, 2.45) is 5.73 Å². The van der Waals surface area contributed by atoms with Gasteiger partial charge in [0.05, 0.1) is 0 Å². The first kappa shape index (κ1) is 22.3. The van der Waals surface area contributed by atoms with Gasteiger partial charge in [0, 0.05) is 42.4 Å². The summed E-state index contributed by atoms with van der Waals surface area (Å²) in [5.41, 5.74) is 11.3. The van der Waals surface area contributed by atoms with E-state index < -0.39 is 0 Å². The highest BCUT2D eigenvalue weighted by Gasteiger charge is 2.24. The number of nitrogens with two attached hydrogens (primary N) is 1. The fraction of sp³-hybridized carbons (Fsp3) is 0.370. The molecule has 4 rings (SSSR count). The molecule has 0 saturated carbocycles. The standard InChI is InChI=1S/C27H34N4O/c1-3-15-31-16-7-6-12-25(31)22-10-5-4-9-21(22)19-29-24-18-20(2)30-27-23(24)11-8-13-26(27)32-17-14-28/h3-5,8-11,13,18,25H,1,6-7,12,14-17,19,28H2,2H3,(H,29,30). The summed E-state index contributed by atoms with van der Waals surface area (Å²) < 4.78 is 5.85. The molecule has 0 aliphatic carbocycles. The fourth-order valence-corrected chi connectivity index (χ4v) is 4.72. The molecular formula is C27H34N4O. The second-order valence-corrected chi connectivity index (χ2v) is 8.45. The molecule has 1 fully saturated rings. The van der Waals surface area contributed by atoms with E-state index in [9.17, 15) is 0 Å². The van der Waals surface area contributed by atoms with Gasteiger partial charge >= 0.3 is 0 Å². The molecule has 0 spiro atoms. The Labute approximate surface area is 191 Å². The van der Waals surface area contributed by atoms with Crippen molar-refractivity contribution in [3.05, 3.63) is 78.0 Å². The maximum Gasteiger partial charge on any atom is 0.145 e. The maximum absolute atomic E-state index is 5.85.